The zero-order valence-electron chi connectivity index (χ0n) is 13.0. The molecule has 0 unspecified atom stereocenters. The van der Waals surface area contributed by atoms with Gasteiger partial charge in [-0.25, -0.2) is 4.68 Å². The molecule has 3 rings (SSSR count). The Labute approximate surface area is 146 Å². The van der Waals surface area contributed by atoms with Crippen molar-refractivity contribution in [2.24, 2.45) is 0 Å². The van der Waals surface area contributed by atoms with Crippen molar-refractivity contribution in [3.8, 4) is 5.69 Å². The Bertz CT molecular complexity index is 753. The second-order valence-electron chi connectivity index (χ2n) is 5.64. The van der Waals surface area contributed by atoms with Gasteiger partial charge in [0, 0.05) is 18.2 Å². The molecule has 0 saturated carbocycles. The molecule has 2 aromatic rings. The molecule has 1 aliphatic heterocycles. The van der Waals surface area contributed by atoms with Crippen LogP contribution in [0.4, 0.5) is 13.2 Å². The van der Waals surface area contributed by atoms with E-state index in [1.807, 2.05) is 0 Å². The maximum absolute atomic E-state index is 13.5. The predicted molar refractivity (Wildman–Crippen MR) is 84.9 cm³/mol. The van der Waals surface area contributed by atoms with E-state index in [1.165, 1.54) is 24.3 Å². The van der Waals surface area contributed by atoms with Crippen molar-refractivity contribution in [3.05, 3.63) is 46.7 Å². The van der Waals surface area contributed by atoms with E-state index in [0.29, 0.717) is 16.3 Å². The number of benzene rings is 1. The van der Waals surface area contributed by atoms with Crippen molar-refractivity contribution in [2.75, 3.05) is 13.2 Å². The summed E-state index contributed by atoms with van der Waals surface area (Å²) in [6, 6.07) is 5.71. The summed E-state index contributed by atoms with van der Waals surface area (Å²) in [5, 5.41) is 6.62. The van der Waals surface area contributed by atoms with Gasteiger partial charge in [-0.05, 0) is 37.1 Å². The Balaban J connectivity index is 1.88. The van der Waals surface area contributed by atoms with E-state index in [0.717, 1.165) is 19.0 Å². The summed E-state index contributed by atoms with van der Waals surface area (Å²) in [6.07, 6.45) is -2.33. The summed E-state index contributed by atoms with van der Waals surface area (Å²) < 4.78 is 46.6. The van der Waals surface area contributed by atoms with Crippen LogP contribution in [0.3, 0.4) is 0 Å². The number of nitrogens with zero attached hydrogens (tertiary/aromatic N) is 2. The predicted octanol–water partition coefficient (Wildman–Crippen LogP) is 3.45. The van der Waals surface area contributed by atoms with Crippen LogP contribution in [0.5, 0.6) is 0 Å². The van der Waals surface area contributed by atoms with E-state index < -0.39 is 23.3 Å². The lowest BCUT2D eigenvalue weighted by atomic mass is 10.2. The largest absolute Gasteiger partial charge is 0.434 e. The first-order chi connectivity index (χ1) is 11.9. The highest BCUT2D eigenvalue weighted by Crippen LogP contribution is 2.33. The molecule has 1 atom stereocenters. The summed E-state index contributed by atoms with van der Waals surface area (Å²) in [4.78, 5) is 12.2. The third-order valence-electron chi connectivity index (χ3n) is 3.87. The average Bonchev–Trinajstić information content (AvgIpc) is 3.22. The number of amides is 1. The van der Waals surface area contributed by atoms with Gasteiger partial charge in [0.1, 0.15) is 0 Å². The maximum Gasteiger partial charge on any atom is 0.434 e. The van der Waals surface area contributed by atoms with Gasteiger partial charge in [0.15, 0.2) is 5.69 Å². The van der Waals surface area contributed by atoms with Crippen LogP contribution in [-0.4, -0.2) is 34.9 Å². The lowest BCUT2D eigenvalue weighted by Gasteiger charge is -2.14. The summed E-state index contributed by atoms with van der Waals surface area (Å²) in [5.41, 5.74) is -1.49. The normalized spacial score (nSPS) is 17.7. The van der Waals surface area contributed by atoms with Crippen molar-refractivity contribution in [3.63, 3.8) is 0 Å². The van der Waals surface area contributed by atoms with Crippen LogP contribution in [0.2, 0.25) is 5.02 Å². The first-order valence-electron chi connectivity index (χ1n) is 7.67. The van der Waals surface area contributed by atoms with E-state index in [2.05, 4.69) is 10.4 Å². The standard InChI is InChI=1S/C16H15ClF3N3O2/c17-10-3-5-11(6-4-10)23-14(16(18,19)20)13(9-22-23)15(24)21-8-12-2-1-7-25-12/h3-6,9,12H,1-2,7-8H2,(H,21,24)/t12-/m1/s1. The summed E-state index contributed by atoms with van der Waals surface area (Å²) in [5.74, 6) is -0.831. The third-order valence-corrected chi connectivity index (χ3v) is 4.12. The molecule has 1 aliphatic rings. The molecule has 5 nitrogen and oxygen atoms in total. The lowest BCUT2D eigenvalue weighted by Crippen LogP contribution is -2.33. The molecule has 1 saturated heterocycles. The number of rotatable bonds is 4. The van der Waals surface area contributed by atoms with Gasteiger partial charge in [0.2, 0.25) is 0 Å². The van der Waals surface area contributed by atoms with Crippen LogP contribution in [0.1, 0.15) is 28.9 Å². The molecule has 0 aliphatic carbocycles. The van der Waals surface area contributed by atoms with Crippen LogP contribution < -0.4 is 5.32 Å². The van der Waals surface area contributed by atoms with E-state index in [9.17, 15) is 18.0 Å². The molecule has 25 heavy (non-hydrogen) atoms. The van der Waals surface area contributed by atoms with Crippen molar-refractivity contribution in [1.29, 1.82) is 0 Å². The minimum absolute atomic E-state index is 0.162. The average molecular weight is 374 g/mol. The lowest BCUT2D eigenvalue weighted by molar-refractivity contribution is -0.143. The Kier molecular flexibility index (Phi) is 5.01. The van der Waals surface area contributed by atoms with Crippen molar-refractivity contribution in [2.45, 2.75) is 25.1 Å². The number of nitrogens with one attached hydrogen (secondary N) is 1. The van der Waals surface area contributed by atoms with Crippen LogP contribution >= 0.6 is 11.6 Å². The second kappa shape index (κ2) is 7.05. The first kappa shape index (κ1) is 17.8. The zero-order valence-corrected chi connectivity index (χ0v) is 13.8. The van der Waals surface area contributed by atoms with Gasteiger partial charge in [-0.2, -0.15) is 18.3 Å². The van der Waals surface area contributed by atoms with Gasteiger partial charge in [0.05, 0.1) is 23.6 Å². The van der Waals surface area contributed by atoms with Crippen molar-refractivity contribution in [1.82, 2.24) is 15.1 Å². The fourth-order valence-electron chi connectivity index (χ4n) is 2.67. The molecule has 2 heterocycles. The minimum Gasteiger partial charge on any atom is -0.376 e. The Morgan fingerprint density at radius 2 is 2.08 bits per heavy atom. The number of aromatic nitrogens is 2. The molecule has 134 valence electrons. The number of hydrogen-bond donors (Lipinski definition) is 1. The summed E-state index contributed by atoms with van der Waals surface area (Å²) in [7, 11) is 0. The van der Waals surface area contributed by atoms with Gasteiger partial charge in [-0.3, -0.25) is 4.79 Å². The highest BCUT2D eigenvalue weighted by atomic mass is 35.5. The van der Waals surface area contributed by atoms with Crippen molar-refractivity contribution < 1.29 is 22.7 Å². The quantitative estimate of drug-likeness (QED) is 0.893. The highest BCUT2D eigenvalue weighted by molar-refractivity contribution is 6.30. The fraction of sp³-hybridized carbons (Fsp3) is 0.375. The molecule has 1 aromatic heterocycles. The number of ether oxygens (including phenoxy) is 1. The molecule has 1 fully saturated rings. The highest BCUT2D eigenvalue weighted by Gasteiger charge is 2.40. The molecular formula is C16H15ClF3N3O2. The topological polar surface area (TPSA) is 56.1 Å². The zero-order chi connectivity index (χ0) is 18.0. The summed E-state index contributed by atoms with van der Waals surface area (Å²) >= 11 is 5.76. The monoisotopic (exact) mass is 373 g/mol. The van der Waals surface area contributed by atoms with Gasteiger partial charge in [0.25, 0.3) is 5.91 Å². The first-order valence-corrected chi connectivity index (χ1v) is 8.05. The van der Waals surface area contributed by atoms with Crippen LogP contribution in [0.15, 0.2) is 30.5 Å². The molecule has 1 amide bonds. The number of alkyl halides is 3. The molecule has 0 spiro atoms. The smallest absolute Gasteiger partial charge is 0.376 e. The van der Waals surface area contributed by atoms with Crippen LogP contribution in [0.25, 0.3) is 5.69 Å². The van der Waals surface area contributed by atoms with Crippen molar-refractivity contribution >= 4 is 17.5 Å². The molecular weight excluding hydrogens is 359 g/mol. The number of carbonyl (C=O) groups is 1. The molecule has 1 N–H and O–H groups in total. The Hall–Kier alpha value is -2.06. The van der Waals surface area contributed by atoms with Crippen LogP contribution in [-0.2, 0) is 10.9 Å². The SMILES string of the molecule is O=C(NC[C@H]1CCCO1)c1cnn(-c2ccc(Cl)cc2)c1C(F)(F)F. The fourth-order valence-corrected chi connectivity index (χ4v) is 2.80. The molecule has 9 heteroatoms. The van der Waals surface area contributed by atoms with E-state index in [-0.39, 0.29) is 18.3 Å². The van der Waals surface area contributed by atoms with Gasteiger partial charge < -0.3 is 10.1 Å². The maximum atomic E-state index is 13.5. The molecule has 1 aromatic carbocycles. The van der Waals surface area contributed by atoms with Gasteiger partial charge in [-0.1, -0.05) is 11.6 Å². The van der Waals surface area contributed by atoms with E-state index in [1.54, 1.807) is 0 Å². The number of carbonyl (C=O) groups excluding carboxylic acids is 1. The van der Waals surface area contributed by atoms with Gasteiger partial charge >= 0.3 is 6.18 Å². The Morgan fingerprint density at radius 1 is 1.36 bits per heavy atom. The number of halogens is 4. The van der Waals surface area contributed by atoms with Crippen LogP contribution in [0, 0.1) is 0 Å². The third kappa shape index (κ3) is 3.96. The second-order valence-corrected chi connectivity index (χ2v) is 6.07. The molecule has 0 bridgehead atoms. The molecule has 0 radical (unpaired) electrons. The minimum atomic E-state index is -4.74. The Morgan fingerprint density at radius 3 is 2.68 bits per heavy atom. The van der Waals surface area contributed by atoms with E-state index >= 15 is 0 Å². The van der Waals surface area contributed by atoms with E-state index in [4.69, 9.17) is 16.3 Å². The summed E-state index contributed by atoms with van der Waals surface area (Å²) in [6.45, 7) is 0.769. The van der Waals surface area contributed by atoms with Gasteiger partial charge in [-0.15, -0.1) is 0 Å². The number of hydrogen-bond acceptors (Lipinski definition) is 3.